The highest BCUT2D eigenvalue weighted by Crippen LogP contribution is 2.33. The zero-order valence-corrected chi connectivity index (χ0v) is 18.0. The summed E-state index contributed by atoms with van der Waals surface area (Å²) in [6.45, 7) is 5.10. The topological polar surface area (TPSA) is 88.2 Å². The molecule has 1 saturated carbocycles. The van der Waals surface area contributed by atoms with Crippen LogP contribution in [0.4, 0.5) is 0 Å². The molecule has 0 saturated heterocycles. The zero-order valence-electron chi connectivity index (χ0n) is 18.0. The van der Waals surface area contributed by atoms with Crippen molar-refractivity contribution in [1.29, 1.82) is 5.26 Å². The highest BCUT2D eigenvalue weighted by molar-refractivity contribution is 5.94. The molecule has 3 rings (SSSR count). The van der Waals surface area contributed by atoms with E-state index in [1.807, 2.05) is 30.3 Å². The zero-order chi connectivity index (χ0) is 21.9. The second-order valence-electron chi connectivity index (χ2n) is 7.94. The number of hydrogen-bond donors (Lipinski definition) is 0. The SMILES string of the molecule is Cc1nn(-c2ccccc2)c(C)c1C(=O)O[C@H](C)C(=O)N(C)C1(C#N)CCCCC1. The van der Waals surface area contributed by atoms with Crippen LogP contribution in [0.25, 0.3) is 5.69 Å². The third-order valence-corrected chi connectivity index (χ3v) is 5.99. The van der Waals surface area contributed by atoms with Crippen molar-refractivity contribution in [3.8, 4) is 11.8 Å². The number of hydrogen-bond acceptors (Lipinski definition) is 5. The van der Waals surface area contributed by atoms with Crippen molar-refractivity contribution in [2.75, 3.05) is 7.05 Å². The van der Waals surface area contributed by atoms with Gasteiger partial charge in [-0.2, -0.15) is 10.4 Å². The second-order valence-corrected chi connectivity index (χ2v) is 7.94. The summed E-state index contributed by atoms with van der Waals surface area (Å²) in [5.41, 5.74) is 1.57. The van der Waals surface area contributed by atoms with Crippen LogP contribution in [-0.2, 0) is 9.53 Å². The lowest BCUT2D eigenvalue weighted by atomic mass is 9.81. The van der Waals surface area contributed by atoms with Crippen molar-refractivity contribution >= 4 is 11.9 Å². The Bertz CT molecular complexity index is 968. The van der Waals surface area contributed by atoms with Gasteiger partial charge in [0.1, 0.15) is 11.1 Å². The number of nitrogens with zero attached hydrogens (tertiary/aromatic N) is 4. The number of nitriles is 1. The van der Waals surface area contributed by atoms with Crippen molar-refractivity contribution < 1.29 is 14.3 Å². The number of rotatable bonds is 5. The molecule has 0 unspecified atom stereocenters. The Morgan fingerprint density at radius 2 is 1.83 bits per heavy atom. The molecular weight excluding hydrogens is 380 g/mol. The van der Waals surface area contributed by atoms with Gasteiger partial charge in [0, 0.05) is 7.05 Å². The summed E-state index contributed by atoms with van der Waals surface area (Å²) < 4.78 is 7.21. The maximum absolute atomic E-state index is 12.9. The van der Waals surface area contributed by atoms with Crippen LogP contribution in [0.5, 0.6) is 0 Å². The van der Waals surface area contributed by atoms with Crippen LogP contribution >= 0.6 is 0 Å². The van der Waals surface area contributed by atoms with E-state index in [2.05, 4.69) is 11.2 Å². The summed E-state index contributed by atoms with van der Waals surface area (Å²) in [5.74, 6) is -0.950. The Morgan fingerprint density at radius 3 is 2.43 bits per heavy atom. The van der Waals surface area contributed by atoms with Crippen LogP contribution in [0.1, 0.15) is 60.8 Å². The third kappa shape index (κ3) is 3.95. The average Bonchev–Trinajstić information content (AvgIpc) is 3.07. The van der Waals surface area contributed by atoms with Gasteiger partial charge in [0.2, 0.25) is 0 Å². The molecule has 158 valence electrons. The molecule has 7 heteroatoms. The van der Waals surface area contributed by atoms with E-state index in [0.717, 1.165) is 24.9 Å². The van der Waals surface area contributed by atoms with Crippen LogP contribution in [0.15, 0.2) is 30.3 Å². The molecule has 0 radical (unpaired) electrons. The van der Waals surface area contributed by atoms with E-state index in [9.17, 15) is 14.9 Å². The molecule has 1 aliphatic carbocycles. The lowest BCUT2D eigenvalue weighted by molar-refractivity contribution is -0.143. The number of esters is 1. The van der Waals surface area contributed by atoms with Gasteiger partial charge < -0.3 is 9.64 Å². The average molecular weight is 409 g/mol. The molecule has 1 atom stereocenters. The molecule has 0 N–H and O–H groups in total. The van der Waals surface area contributed by atoms with E-state index < -0.39 is 17.6 Å². The van der Waals surface area contributed by atoms with Gasteiger partial charge in [0.25, 0.3) is 5.91 Å². The van der Waals surface area contributed by atoms with Crippen molar-refractivity contribution in [3.63, 3.8) is 0 Å². The molecule has 0 spiro atoms. The number of amides is 1. The summed E-state index contributed by atoms with van der Waals surface area (Å²) in [4.78, 5) is 27.3. The third-order valence-electron chi connectivity index (χ3n) is 5.99. The number of aryl methyl sites for hydroxylation is 1. The van der Waals surface area contributed by atoms with Crippen molar-refractivity contribution in [2.45, 2.75) is 64.5 Å². The Balaban J connectivity index is 1.77. The molecular formula is C23H28N4O3. The first-order valence-corrected chi connectivity index (χ1v) is 10.3. The van der Waals surface area contributed by atoms with E-state index in [1.54, 1.807) is 32.5 Å². The monoisotopic (exact) mass is 408 g/mol. The minimum Gasteiger partial charge on any atom is -0.449 e. The Labute approximate surface area is 177 Å². The molecule has 1 aromatic carbocycles. The summed E-state index contributed by atoms with van der Waals surface area (Å²) in [7, 11) is 1.63. The first kappa shape index (κ1) is 21.6. The van der Waals surface area contributed by atoms with Crippen LogP contribution in [-0.4, -0.2) is 45.2 Å². The molecule has 0 aliphatic heterocycles. The molecule has 1 aromatic heterocycles. The van der Waals surface area contributed by atoms with Crippen molar-refractivity contribution in [1.82, 2.24) is 14.7 Å². The van der Waals surface area contributed by atoms with Crippen LogP contribution < -0.4 is 0 Å². The Kier molecular flexibility index (Phi) is 6.25. The Morgan fingerprint density at radius 1 is 1.20 bits per heavy atom. The summed E-state index contributed by atoms with van der Waals surface area (Å²) >= 11 is 0. The molecule has 0 bridgehead atoms. The molecule has 1 heterocycles. The molecule has 30 heavy (non-hydrogen) atoms. The highest BCUT2D eigenvalue weighted by atomic mass is 16.5. The lowest BCUT2D eigenvalue weighted by Gasteiger charge is -2.39. The van der Waals surface area contributed by atoms with E-state index in [1.165, 1.54) is 4.90 Å². The van der Waals surface area contributed by atoms with Crippen LogP contribution in [0.2, 0.25) is 0 Å². The predicted molar refractivity (Wildman–Crippen MR) is 112 cm³/mol. The van der Waals surface area contributed by atoms with E-state index in [0.29, 0.717) is 29.8 Å². The minimum absolute atomic E-state index is 0.355. The Hall–Kier alpha value is -3.14. The van der Waals surface area contributed by atoms with Gasteiger partial charge in [0.15, 0.2) is 6.10 Å². The fourth-order valence-electron chi connectivity index (χ4n) is 4.17. The maximum atomic E-state index is 12.9. The van der Waals surface area contributed by atoms with Gasteiger partial charge in [-0.1, -0.05) is 37.5 Å². The van der Waals surface area contributed by atoms with E-state index in [-0.39, 0.29) is 5.91 Å². The van der Waals surface area contributed by atoms with E-state index in [4.69, 9.17) is 4.74 Å². The maximum Gasteiger partial charge on any atom is 0.342 e. The van der Waals surface area contributed by atoms with Crippen LogP contribution in [0.3, 0.4) is 0 Å². The van der Waals surface area contributed by atoms with E-state index >= 15 is 0 Å². The van der Waals surface area contributed by atoms with Gasteiger partial charge in [-0.15, -0.1) is 0 Å². The first-order chi connectivity index (χ1) is 14.3. The van der Waals surface area contributed by atoms with Crippen molar-refractivity contribution in [3.05, 3.63) is 47.3 Å². The lowest BCUT2D eigenvalue weighted by Crippen LogP contribution is -2.53. The van der Waals surface area contributed by atoms with Crippen molar-refractivity contribution in [2.24, 2.45) is 0 Å². The number of carbonyl (C=O) groups is 2. The molecule has 2 aromatic rings. The standard InChI is InChI=1S/C23H28N4O3/c1-16-20(17(2)27(25-16)19-11-7-5-8-12-19)22(29)30-18(3)21(28)26(4)23(15-24)13-9-6-10-14-23/h5,7-8,11-12,18H,6,9-10,13-14H2,1-4H3/t18-/m1/s1. The van der Waals surface area contributed by atoms with Gasteiger partial charge in [-0.3, -0.25) is 4.79 Å². The number of benzene rings is 1. The molecule has 1 fully saturated rings. The predicted octanol–water partition coefficient (Wildman–Crippen LogP) is 3.72. The normalized spacial score (nSPS) is 16.4. The number of likely N-dealkylation sites (N-methyl/N-ethyl adjacent to an activating group) is 1. The number of para-hydroxylation sites is 1. The molecule has 7 nitrogen and oxygen atoms in total. The van der Waals surface area contributed by atoms with Crippen LogP contribution in [0, 0.1) is 25.2 Å². The van der Waals surface area contributed by atoms with Gasteiger partial charge >= 0.3 is 5.97 Å². The van der Waals surface area contributed by atoms with Gasteiger partial charge in [-0.05, 0) is 45.7 Å². The fourth-order valence-corrected chi connectivity index (χ4v) is 4.17. The summed E-state index contributed by atoms with van der Waals surface area (Å²) in [6.07, 6.45) is 3.20. The number of carbonyl (C=O) groups excluding carboxylic acids is 2. The first-order valence-electron chi connectivity index (χ1n) is 10.3. The van der Waals surface area contributed by atoms with Gasteiger partial charge in [-0.25, -0.2) is 9.48 Å². The minimum atomic E-state index is -0.992. The quantitative estimate of drug-likeness (QED) is 0.704. The summed E-state index contributed by atoms with van der Waals surface area (Å²) in [6, 6.07) is 11.8. The second kappa shape index (κ2) is 8.70. The number of ether oxygens (including phenoxy) is 1. The number of aromatic nitrogens is 2. The largest absolute Gasteiger partial charge is 0.449 e. The fraction of sp³-hybridized carbons (Fsp3) is 0.478. The van der Waals surface area contributed by atoms with Gasteiger partial charge in [0.05, 0.1) is 23.1 Å². The molecule has 1 aliphatic rings. The highest BCUT2D eigenvalue weighted by Gasteiger charge is 2.41. The molecule has 1 amide bonds. The smallest absolute Gasteiger partial charge is 0.342 e. The summed E-state index contributed by atoms with van der Waals surface area (Å²) in [5, 5.41) is 14.2.